The molecule has 1 aliphatic rings. The summed E-state index contributed by atoms with van der Waals surface area (Å²) in [5, 5.41) is 9.39. The predicted molar refractivity (Wildman–Crippen MR) is 92.4 cm³/mol. The molecule has 24 heavy (non-hydrogen) atoms. The number of para-hydroxylation sites is 1. The van der Waals surface area contributed by atoms with Gasteiger partial charge in [0.2, 0.25) is 0 Å². The molecule has 0 spiro atoms. The standard InChI is InChI=1S/C16H19F2N5S/c1-19-16(21-9-14-20-6-8-24-14)22-11-5-7-23(10-11)15-12(17)3-2-4-13(15)18/h2-4,6,8,11H,5,7,9-10H2,1H3,(H2,19,21,22). The van der Waals surface area contributed by atoms with Crippen molar-refractivity contribution in [1.29, 1.82) is 0 Å². The first-order valence-electron chi connectivity index (χ1n) is 7.72. The number of halogens is 2. The minimum Gasteiger partial charge on any atom is -0.365 e. The van der Waals surface area contributed by atoms with E-state index < -0.39 is 11.6 Å². The van der Waals surface area contributed by atoms with E-state index in [-0.39, 0.29) is 11.7 Å². The normalized spacial score (nSPS) is 18.0. The summed E-state index contributed by atoms with van der Waals surface area (Å²) in [5.41, 5.74) is 0.0486. The fourth-order valence-electron chi connectivity index (χ4n) is 2.76. The van der Waals surface area contributed by atoms with Crippen molar-refractivity contribution in [2.75, 3.05) is 25.0 Å². The van der Waals surface area contributed by atoms with Crippen molar-refractivity contribution in [1.82, 2.24) is 15.6 Å². The number of benzene rings is 1. The predicted octanol–water partition coefficient (Wildman–Crippen LogP) is 2.37. The molecule has 2 aromatic rings. The van der Waals surface area contributed by atoms with Crippen LogP contribution in [0.5, 0.6) is 0 Å². The zero-order valence-corrected chi connectivity index (χ0v) is 14.1. The van der Waals surface area contributed by atoms with Crippen LogP contribution in [0.1, 0.15) is 11.4 Å². The molecule has 0 saturated carbocycles. The van der Waals surface area contributed by atoms with Crippen molar-refractivity contribution in [2.24, 2.45) is 4.99 Å². The Balaban J connectivity index is 1.57. The van der Waals surface area contributed by atoms with Gasteiger partial charge in [0.25, 0.3) is 0 Å². The summed E-state index contributed by atoms with van der Waals surface area (Å²) in [6, 6.07) is 4.03. The van der Waals surface area contributed by atoms with E-state index in [9.17, 15) is 8.78 Å². The maximum atomic E-state index is 13.9. The summed E-state index contributed by atoms with van der Waals surface area (Å²) in [6.07, 6.45) is 2.54. The molecule has 5 nitrogen and oxygen atoms in total. The Morgan fingerprint density at radius 3 is 2.88 bits per heavy atom. The number of rotatable bonds is 4. The summed E-state index contributed by atoms with van der Waals surface area (Å²) in [5.74, 6) is -0.394. The van der Waals surface area contributed by atoms with E-state index in [0.717, 1.165) is 11.4 Å². The van der Waals surface area contributed by atoms with E-state index in [2.05, 4.69) is 20.6 Å². The van der Waals surface area contributed by atoms with Gasteiger partial charge in [0.05, 0.1) is 6.54 Å². The molecular formula is C16H19F2N5S. The third kappa shape index (κ3) is 3.81. The highest BCUT2D eigenvalue weighted by molar-refractivity contribution is 7.09. The Bertz CT molecular complexity index is 684. The number of hydrogen-bond acceptors (Lipinski definition) is 4. The lowest BCUT2D eigenvalue weighted by Gasteiger charge is -2.21. The average Bonchev–Trinajstić information content (AvgIpc) is 3.23. The van der Waals surface area contributed by atoms with Crippen molar-refractivity contribution < 1.29 is 8.78 Å². The quantitative estimate of drug-likeness (QED) is 0.656. The summed E-state index contributed by atoms with van der Waals surface area (Å²) >= 11 is 1.57. The number of anilines is 1. The van der Waals surface area contributed by atoms with Gasteiger partial charge in [-0.05, 0) is 18.6 Å². The minimum absolute atomic E-state index is 0.0486. The smallest absolute Gasteiger partial charge is 0.191 e. The first-order chi connectivity index (χ1) is 11.7. The minimum atomic E-state index is -0.526. The molecule has 0 amide bonds. The second-order valence-electron chi connectivity index (χ2n) is 5.50. The molecule has 1 aliphatic heterocycles. The van der Waals surface area contributed by atoms with Crippen molar-refractivity contribution in [3.63, 3.8) is 0 Å². The third-order valence-electron chi connectivity index (χ3n) is 3.90. The molecule has 0 aliphatic carbocycles. The van der Waals surface area contributed by atoms with Crippen LogP contribution in [-0.2, 0) is 6.54 Å². The van der Waals surface area contributed by atoms with E-state index in [1.54, 1.807) is 29.5 Å². The van der Waals surface area contributed by atoms with Gasteiger partial charge in [0.1, 0.15) is 22.3 Å². The number of hydrogen-bond donors (Lipinski definition) is 2. The zero-order chi connectivity index (χ0) is 16.9. The first-order valence-corrected chi connectivity index (χ1v) is 8.60. The molecule has 2 N–H and O–H groups in total. The van der Waals surface area contributed by atoms with Gasteiger partial charge in [-0.25, -0.2) is 13.8 Å². The van der Waals surface area contributed by atoms with E-state index in [1.165, 1.54) is 18.2 Å². The number of nitrogens with one attached hydrogen (secondary N) is 2. The monoisotopic (exact) mass is 351 g/mol. The maximum Gasteiger partial charge on any atom is 0.191 e. The van der Waals surface area contributed by atoms with Crippen LogP contribution in [0.25, 0.3) is 0 Å². The Kier molecular flexibility index (Phi) is 5.24. The van der Waals surface area contributed by atoms with Crippen molar-refractivity contribution in [3.05, 3.63) is 46.4 Å². The van der Waals surface area contributed by atoms with Crippen molar-refractivity contribution in [3.8, 4) is 0 Å². The van der Waals surface area contributed by atoms with Gasteiger partial charge in [0.15, 0.2) is 5.96 Å². The van der Waals surface area contributed by atoms with Gasteiger partial charge in [-0.1, -0.05) is 6.07 Å². The topological polar surface area (TPSA) is 52.6 Å². The largest absolute Gasteiger partial charge is 0.365 e. The fourth-order valence-corrected chi connectivity index (χ4v) is 3.32. The molecule has 1 unspecified atom stereocenters. The summed E-state index contributed by atoms with van der Waals surface area (Å²) in [7, 11) is 1.69. The van der Waals surface area contributed by atoms with Crippen LogP contribution < -0.4 is 15.5 Å². The maximum absolute atomic E-state index is 13.9. The Morgan fingerprint density at radius 2 is 2.21 bits per heavy atom. The summed E-state index contributed by atoms with van der Waals surface area (Å²) in [6.45, 7) is 1.71. The molecule has 3 rings (SSSR count). The molecule has 8 heteroatoms. The van der Waals surface area contributed by atoms with Gasteiger partial charge in [0, 0.05) is 37.8 Å². The lowest BCUT2D eigenvalue weighted by molar-refractivity contribution is 0.576. The molecule has 1 fully saturated rings. The molecule has 128 valence electrons. The first kappa shape index (κ1) is 16.6. The Hall–Kier alpha value is -2.22. The van der Waals surface area contributed by atoms with Crippen molar-refractivity contribution in [2.45, 2.75) is 19.0 Å². The van der Waals surface area contributed by atoms with Crippen LogP contribution in [0.2, 0.25) is 0 Å². The summed E-state index contributed by atoms with van der Waals surface area (Å²) < 4.78 is 27.8. The van der Waals surface area contributed by atoms with Crippen LogP contribution in [-0.4, -0.2) is 37.1 Å². The van der Waals surface area contributed by atoms with Crippen molar-refractivity contribution >= 4 is 23.0 Å². The lowest BCUT2D eigenvalue weighted by Crippen LogP contribution is -2.44. The molecule has 1 atom stereocenters. The van der Waals surface area contributed by atoms with Gasteiger partial charge >= 0.3 is 0 Å². The van der Waals surface area contributed by atoms with Crippen LogP contribution in [0.15, 0.2) is 34.8 Å². The van der Waals surface area contributed by atoms with Crippen LogP contribution in [0.3, 0.4) is 0 Å². The van der Waals surface area contributed by atoms with Gasteiger partial charge in [-0.15, -0.1) is 11.3 Å². The second-order valence-corrected chi connectivity index (χ2v) is 6.48. The number of aliphatic imine (C=N–C) groups is 1. The Labute approximate surface area is 143 Å². The van der Waals surface area contributed by atoms with Crippen LogP contribution in [0.4, 0.5) is 14.5 Å². The SMILES string of the molecule is CN=C(NCc1nccs1)NC1CCN(c2c(F)cccc2F)C1. The van der Waals surface area contributed by atoms with E-state index >= 15 is 0 Å². The fraction of sp³-hybridized carbons (Fsp3) is 0.375. The molecule has 0 radical (unpaired) electrons. The molecule has 1 aromatic heterocycles. The molecule has 1 aromatic carbocycles. The molecule has 1 saturated heterocycles. The third-order valence-corrected chi connectivity index (χ3v) is 4.68. The molecule has 0 bridgehead atoms. The van der Waals surface area contributed by atoms with Gasteiger partial charge in [-0.3, -0.25) is 4.99 Å². The number of nitrogens with zero attached hydrogens (tertiary/aromatic N) is 3. The highest BCUT2D eigenvalue weighted by Gasteiger charge is 2.27. The summed E-state index contributed by atoms with van der Waals surface area (Å²) in [4.78, 5) is 10.1. The Morgan fingerprint density at radius 1 is 1.42 bits per heavy atom. The zero-order valence-electron chi connectivity index (χ0n) is 13.3. The average molecular weight is 351 g/mol. The number of guanidine groups is 1. The van der Waals surface area contributed by atoms with E-state index in [0.29, 0.717) is 25.6 Å². The molecular weight excluding hydrogens is 332 g/mol. The number of aromatic nitrogens is 1. The number of thiazole rings is 1. The second kappa shape index (κ2) is 7.57. The highest BCUT2D eigenvalue weighted by Crippen LogP contribution is 2.26. The van der Waals surface area contributed by atoms with E-state index in [4.69, 9.17) is 0 Å². The molecule has 2 heterocycles. The van der Waals surface area contributed by atoms with Gasteiger partial charge in [-0.2, -0.15) is 0 Å². The van der Waals surface area contributed by atoms with Gasteiger partial charge < -0.3 is 15.5 Å². The van der Waals surface area contributed by atoms with Crippen LogP contribution in [0, 0.1) is 11.6 Å². The van der Waals surface area contributed by atoms with Crippen LogP contribution >= 0.6 is 11.3 Å². The lowest BCUT2D eigenvalue weighted by atomic mass is 10.2. The van der Waals surface area contributed by atoms with E-state index in [1.807, 2.05) is 5.38 Å². The highest BCUT2D eigenvalue weighted by atomic mass is 32.1.